The Hall–Kier alpha value is -2.86. The maximum atomic E-state index is 6.42. The molecule has 1 fully saturated rings. The van der Waals surface area contributed by atoms with E-state index in [1.165, 1.54) is 5.56 Å². The van der Waals surface area contributed by atoms with Crippen LogP contribution < -0.4 is 10.2 Å². The van der Waals surface area contributed by atoms with Crippen molar-refractivity contribution in [1.29, 1.82) is 0 Å². The number of aromatic nitrogens is 1. The number of furan rings is 1. The van der Waals surface area contributed by atoms with Gasteiger partial charge in [-0.15, -0.1) is 0 Å². The van der Waals surface area contributed by atoms with Gasteiger partial charge in [-0.1, -0.05) is 47.0 Å². The molecule has 0 radical (unpaired) electrons. The molecule has 160 valence electrons. The molecule has 0 saturated carbocycles. The fraction of sp³-hybridized carbons (Fsp3) is 0.120. The SMILES string of the molecule is Cc1ccc(N2C(=S)NC(c3ccccn3)C2c2ccc(-c3ccc(Cl)cc3Cl)o2)cc1. The summed E-state index contributed by atoms with van der Waals surface area (Å²) in [5.41, 5.74) is 3.84. The molecular weight excluding hydrogens is 461 g/mol. The minimum Gasteiger partial charge on any atom is -0.459 e. The molecule has 7 heteroatoms. The van der Waals surface area contributed by atoms with Gasteiger partial charge < -0.3 is 14.6 Å². The average molecular weight is 480 g/mol. The standard InChI is InChI=1S/C25H19Cl2N3OS/c1-15-5-8-17(9-6-15)30-24(23(29-25(30)32)20-4-2-3-13-28-20)22-12-11-21(31-22)18-10-7-16(26)14-19(18)27/h2-14,23-24H,1H3,(H,29,32). The van der Waals surface area contributed by atoms with Crippen molar-refractivity contribution in [2.45, 2.75) is 19.0 Å². The first-order chi connectivity index (χ1) is 15.5. The van der Waals surface area contributed by atoms with Gasteiger partial charge in [-0.05, 0) is 73.7 Å². The summed E-state index contributed by atoms with van der Waals surface area (Å²) in [5, 5.41) is 5.18. The Morgan fingerprint density at radius 2 is 1.81 bits per heavy atom. The van der Waals surface area contributed by atoms with Crippen molar-refractivity contribution in [3.05, 3.63) is 106 Å². The topological polar surface area (TPSA) is 41.3 Å². The first-order valence-corrected chi connectivity index (χ1v) is 11.3. The average Bonchev–Trinajstić information content (AvgIpc) is 3.39. The third-order valence-electron chi connectivity index (χ3n) is 5.53. The minimum absolute atomic E-state index is 0.176. The second kappa shape index (κ2) is 8.58. The van der Waals surface area contributed by atoms with E-state index >= 15 is 0 Å². The van der Waals surface area contributed by atoms with E-state index in [0.717, 1.165) is 22.7 Å². The third-order valence-corrected chi connectivity index (χ3v) is 6.39. The van der Waals surface area contributed by atoms with Crippen LogP contribution in [0.4, 0.5) is 5.69 Å². The highest BCUT2D eigenvalue weighted by atomic mass is 35.5. The fourth-order valence-electron chi connectivity index (χ4n) is 3.97. The van der Waals surface area contributed by atoms with Crippen LogP contribution in [0.15, 0.2) is 83.4 Å². The molecule has 5 rings (SSSR count). The first-order valence-electron chi connectivity index (χ1n) is 10.1. The first kappa shape index (κ1) is 21.0. The second-order valence-corrected chi connectivity index (χ2v) is 8.89. The number of anilines is 1. The normalized spacial score (nSPS) is 18.1. The van der Waals surface area contributed by atoms with Gasteiger partial charge in [0.05, 0.1) is 16.8 Å². The van der Waals surface area contributed by atoms with Crippen molar-refractivity contribution in [2.75, 3.05) is 4.90 Å². The molecule has 0 bridgehead atoms. The number of aryl methyl sites for hydroxylation is 1. The van der Waals surface area contributed by atoms with Crippen LogP contribution in [0.25, 0.3) is 11.3 Å². The van der Waals surface area contributed by atoms with E-state index in [4.69, 9.17) is 39.8 Å². The maximum Gasteiger partial charge on any atom is 0.174 e. The number of hydrogen-bond donors (Lipinski definition) is 1. The number of nitrogens with zero attached hydrogens (tertiary/aromatic N) is 2. The van der Waals surface area contributed by atoms with Crippen LogP contribution in [0, 0.1) is 6.92 Å². The van der Waals surface area contributed by atoms with Crippen molar-refractivity contribution < 1.29 is 4.42 Å². The highest BCUT2D eigenvalue weighted by molar-refractivity contribution is 7.80. The molecular formula is C25H19Cl2N3OS. The van der Waals surface area contributed by atoms with Crippen LogP contribution in [-0.4, -0.2) is 10.1 Å². The van der Waals surface area contributed by atoms with Gasteiger partial charge in [-0.3, -0.25) is 4.98 Å². The van der Waals surface area contributed by atoms with Gasteiger partial charge in [-0.25, -0.2) is 0 Å². The molecule has 0 amide bonds. The molecule has 0 spiro atoms. The van der Waals surface area contributed by atoms with E-state index in [9.17, 15) is 0 Å². The lowest BCUT2D eigenvalue weighted by Gasteiger charge is -2.26. The largest absolute Gasteiger partial charge is 0.459 e. The summed E-state index contributed by atoms with van der Waals surface area (Å²) >= 11 is 18.2. The Balaban J connectivity index is 1.60. The Morgan fingerprint density at radius 1 is 1.00 bits per heavy atom. The molecule has 2 aromatic carbocycles. The van der Waals surface area contributed by atoms with Crippen LogP contribution in [-0.2, 0) is 0 Å². The summed E-state index contributed by atoms with van der Waals surface area (Å²) in [6.07, 6.45) is 1.78. The molecule has 1 N–H and O–H groups in total. The van der Waals surface area contributed by atoms with Crippen LogP contribution in [0.1, 0.15) is 29.1 Å². The van der Waals surface area contributed by atoms with Crippen molar-refractivity contribution in [2.24, 2.45) is 0 Å². The van der Waals surface area contributed by atoms with Gasteiger partial charge in [0.2, 0.25) is 0 Å². The summed E-state index contributed by atoms with van der Waals surface area (Å²) in [6, 6.07) is 23.0. The molecule has 3 heterocycles. The predicted molar refractivity (Wildman–Crippen MR) is 133 cm³/mol. The molecule has 2 atom stereocenters. The quantitative estimate of drug-likeness (QED) is 0.315. The van der Waals surface area contributed by atoms with E-state index in [1.807, 2.05) is 36.4 Å². The molecule has 0 aliphatic carbocycles. The smallest absolute Gasteiger partial charge is 0.174 e. The molecule has 4 aromatic rings. The lowest BCUT2D eigenvalue weighted by Crippen LogP contribution is -2.29. The molecule has 2 unspecified atom stereocenters. The summed E-state index contributed by atoms with van der Waals surface area (Å²) < 4.78 is 6.35. The summed E-state index contributed by atoms with van der Waals surface area (Å²) in [4.78, 5) is 6.66. The highest BCUT2D eigenvalue weighted by Gasteiger charge is 2.42. The molecule has 2 aromatic heterocycles. The lowest BCUT2D eigenvalue weighted by atomic mass is 10.0. The highest BCUT2D eigenvalue weighted by Crippen LogP contribution is 2.43. The van der Waals surface area contributed by atoms with E-state index in [0.29, 0.717) is 20.9 Å². The number of halogens is 2. The van der Waals surface area contributed by atoms with E-state index < -0.39 is 0 Å². The Kier molecular flexibility index (Phi) is 5.64. The Bertz CT molecular complexity index is 1270. The number of pyridine rings is 1. The molecule has 32 heavy (non-hydrogen) atoms. The summed E-state index contributed by atoms with van der Waals surface area (Å²) in [5.74, 6) is 1.43. The second-order valence-electron chi connectivity index (χ2n) is 7.66. The van der Waals surface area contributed by atoms with Gasteiger partial charge in [0.15, 0.2) is 5.11 Å². The van der Waals surface area contributed by atoms with E-state index in [-0.39, 0.29) is 12.1 Å². The number of thiocarbonyl (C=S) groups is 1. The van der Waals surface area contributed by atoms with Crippen molar-refractivity contribution in [3.8, 4) is 11.3 Å². The molecule has 1 aliphatic heterocycles. The summed E-state index contributed by atoms with van der Waals surface area (Å²) in [7, 11) is 0. The van der Waals surface area contributed by atoms with Gasteiger partial charge in [0.1, 0.15) is 17.6 Å². The van der Waals surface area contributed by atoms with Gasteiger partial charge >= 0.3 is 0 Å². The van der Waals surface area contributed by atoms with E-state index in [2.05, 4.69) is 46.4 Å². The van der Waals surface area contributed by atoms with Gasteiger partial charge in [0.25, 0.3) is 0 Å². The molecule has 4 nitrogen and oxygen atoms in total. The zero-order chi connectivity index (χ0) is 22.2. The number of nitrogens with one attached hydrogen (secondary N) is 1. The molecule has 1 saturated heterocycles. The zero-order valence-corrected chi connectivity index (χ0v) is 19.5. The number of hydrogen-bond acceptors (Lipinski definition) is 3. The number of benzene rings is 2. The van der Waals surface area contributed by atoms with Crippen LogP contribution in [0.5, 0.6) is 0 Å². The fourth-order valence-corrected chi connectivity index (χ4v) is 4.82. The van der Waals surface area contributed by atoms with Gasteiger partial charge in [-0.2, -0.15) is 0 Å². The lowest BCUT2D eigenvalue weighted by molar-refractivity contribution is 0.439. The van der Waals surface area contributed by atoms with Crippen LogP contribution in [0.3, 0.4) is 0 Å². The third kappa shape index (κ3) is 3.88. The Morgan fingerprint density at radius 3 is 2.53 bits per heavy atom. The van der Waals surface area contributed by atoms with Crippen molar-refractivity contribution >= 4 is 46.2 Å². The molecule has 1 aliphatic rings. The van der Waals surface area contributed by atoms with Crippen molar-refractivity contribution in [3.63, 3.8) is 0 Å². The maximum absolute atomic E-state index is 6.42. The van der Waals surface area contributed by atoms with Crippen LogP contribution in [0.2, 0.25) is 10.0 Å². The van der Waals surface area contributed by atoms with Gasteiger partial charge in [0, 0.05) is 22.5 Å². The monoisotopic (exact) mass is 479 g/mol. The van der Waals surface area contributed by atoms with Crippen molar-refractivity contribution in [1.82, 2.24) is 10.3 Å². The number of rotatable bonds is 4. The Labute approximate surface area is 201 Å². The zero-order valence-electron chi connectivity index (χ0n) is 17.1. The summed E-state index contributed by atoms with van der Waals surface area (Å²) in [6.45, 7) is 2.06. The predicted octanol–water partition coefficient (Wildman–Crippen LogP) is 7.13. The van der Waals surface area contributed by atoms with E-state index in [1.54, 1.807) is 18.3 Å². The minimum atomic E-state index is -0.222. The van der Waals surface area contributed by atoms with Crippen LogP contribution >= 0.6 is 35.4 Å².